The first kappa shape index (κ1) is 13.4. The van der Waals surface area contributed by atoms with Gasteiger partial charge in [-0.15, -0.1) is 0 Å². The lowest BCUT2D eigenvalue weighted by Crippen LogP contribution is -2.32. The number of hydrogen-bond acceptors (Lipinski definition) is 3. The highest BCUT2D eigenvalue weighted by atomic mass is 19.4. The Morgan fingerprint density at radius 2 is 1.90 bits per heavy atom. The zero-order valence-electron chi connectivity index (χ0n) is 10.7. The number of nitrogens with zero attached hydrogens (tertiary/aromatic N) is 2. The Morgan fingerprint density at radius 1 is 1.25 bits per heavy atom. The van der Waals surface area contributed by atoms with Crippen LogP contribution in [0.15, 0.2) is 18.3 Å². The number of likely N-dealkylation sites (tertiary alicyclic amines) is 1. The van der Waals surface area contributed by atoms with Crippen LogP contribution in [-0.4, -0.2) is 42.0 Å². The first-order chi connectivity index (χ1) is 9.45. The summed E-state index contributed by atoms with van der Waals surface area (Å²) < 4.78 is 37.3. The molecule has 1 N–H and O–H groups in total. The SMILES string of the molecule is O=C(c1ccc(C(F)(F)F)cn1)N1CC2CNCC2C1. The van der Waals surface area contributed by atoms with E-state index in [4.69, 9.17) is 0 Å². The van der Waals surface area contributed by atoms with Crippen LogP contribution in [0.1, 0.15) is 16.1 Å². The number of nitrogens with one attached hydrogen (secondary N) is 1. The summed E-state index contributed by atoms with van der Waals surface area (Å²) in [7, 11) is 0. The molecule has 1 aromatic heterocycles. The minimum absolute atomic E-state index is 0.0749. The molecule has 0 aromatic carbocycles. The Hall–Kier alpha value is -1.63. The normalized spacial score (nSPS) is 25.9. The summed E-state index contributed by atoms with van der Waals surface area (Å²) in [4.78, 5) is 17.5. The van der Waals surface area contributed by atoms with Gasteiger partial charge in [-0.2, -0.15) is 13.2 Å². The van der Waals surface area contributed by atoms with Crippen molar-refractivity contribution in [2.75, 3.05) is 26.2 Å². The van der Waals surface area contributed by atoms with Gasteiger partial charge in [0, 0.05) is 32.4 Å². The molecule has 3 heterocycles. The molecule has 2 aliphatic rings. The van der Waals surface area contributed by atoms with Crippen LogP contribution in [0.2, 0.25) is 0 Å². The average Bonchev–Trinajstić information content (AvgIpc) is 2.97. The van der Waals surface area contributed by atoms with E-state index in [1.165, 1.54) is 0 Å². The van der Waals surface area contributed by atoms with Crippen molar-refractivity contribution in [2.45, 2.75) is 6.18 Å². The molecule has 2 fully saturated rings. The molecule has 2 unspecified atom stereocenters. The van der Waals surface area contributed by atoms with Crippen LogP contribution in [0.5, 0.6) is 0 Å². The molecule has 0 spiro atoms. The van der Waals surface area contributed by atoms with Crippen molar-refractivity contribution in [3.05, 3.63) is 29.6 Å². The number of amides is 1. The summed E-state index contributed by atoms with van der Waals surface area (Å²) in [5.74, 6) is 0.620. The Bertz CT molecular complexity index is 503. The molecule has 1 aromatic rings. The van der Waals surface area contributed by atoms with Crippen LogP contribution in [0.4, 0.5) is 13.2 Å². The number of hydrogen-bond donors (Lipinski definition) is 1. The molecule has 20 heavy (non-hydrogen) atoms. The third-order valence-corrected chi connectivity index (χ3v) is 3.99. The van der Waals surface area contributed by atoms with Crippen LogP contribution < -0.4 is 5.32 Å². The zero-order chi connectivity index (χ0) is 14.3. The van der Waals surface area contributed by atoms with Gasteiger partial charge in [-0.25, -0.2) is 0 Å². The Morgan fingerprint density at radius 3 is 2.40 bits per heavy atom. The summed E-state index contributed by atoms with van der Waals surface area (Å²) in [6.45, 7) is 3.10. The molecule has 2 atom stereocenters. The number of fused-ring (bicyclic) bond motifs is 1. The first-order valence-corrected chi connectivity index (χ1v) is 6.48. The third kappa shape index (κ3) is 2.37. The monoisotopic (exact) mass is 285 g/mol. The lowest BCUT2D eigenvalue weighted by Gasteiger charge is -2.17. The predicted octanol–water partition coefficient (Wildman–Crippen LogP) is 1.39. The van der Waals surface area contributed by atoms with Gasteiger partial charge in [-0.3, -0.25) is 9.78 Å². The van der Waals surface area contributed by atoms with E-state index in [9.17, 15) is 18.0 Å². The molecule has 3 rings (SSSR count). The lowest BCUT2D eigenvalue weighted by molar-refractivity contribution is -0.137. The van der Waals surface area contributed by atoms with E-state index in [0.29, 0.717) is 31.1 Å². The highest BCUT2D eigenvalue weighted by Crippen LogP contribution is 2.29. The molecular formula is C13H14F3N3O. The van der Waals surface area contributed by atoms with Crippen molar-refractivity contribution in [1.82, 2.24) is 15.2 Å². The van der Waals surface area contributed by atoms with Gasteiger partial charge < -0.3 is 10.2 Å². The summed E-state index contributed by atoms with van der Waals surface area (Å²) in [5.41, 5.74) is -0.762. The van der Waals surface area contributed by atoms with Gasteiger partial charge in [0.15, 0.2) is 0 Å². The number of rotatable bonds is 1. The van der Waals surface area contributed by atoms with E-state index >= 15 is 0 Å². The minimum atomic E-state index is -4.43. The van der Waals surface area contributed by atoms with Crippen molar-refractivity contribution < 1.29 is 18.0 Å². The molecule has 0 radical (unpaired) electrons. The van der Waals surface area contributed by atoms with E-state index in [-0.39, 0.29) is 11.6 Å². The smallest absolute Gasteiger partial charge is 0.337 e. The second-order valence-corrected chi connectivity index (χ2v) is 5.32. The number of carbonyl (C=O) groups excluding carboxylic acids is 1. The molecular weight excluding hydrogens is 271 g/mol. The van der Waals surface area contributed by atoms with Gasteiger partial charge in [-0.1, -0.05) is 0 Å². The fraction of sp³-hybridized carbons (Fsp3) is 0.538. The van der Waals surface area contributed by atoms with Gasteiger partial charge >= 0.3 is 6.18 Å². The van der Waals surface area contributed by atoms with E-state index in [2.05, 4.69) is 10.3 Å². The van der Waals surface area contributed by atoms with Gasteiger partial charge in [0.05, 0.1) is 5.56 Å². The number of alkyl halides is 3. The molecule has 0 aliphatic carbocycles. The van der Waals surface area contributed by atoms with Crippen molar-refractivity contribution >= 4 is 5.91 Å². The maximum atomic E-state index is 12.4. The third-order valence-electron chi connectivity index (χ3n) is 3.99. The molecule has 0 bridgehead atoms. The molecule has 7 heteroatoms. The van der Waals surface area contributed by atoms with Crippen molar-refractivity contribution in [3.8, 4) is 0 Å². The van der Waals surface area contributed by atoms with Crippen molar-refractivity contribution in [2.24, 2.45) is 11.8 Å². The summed E-state index contributed by atoms with van der Waals surface area (Å²) in [5, 5.41) is 3.27. The summed E-state index contributed by atoms with van der Waals surface area (Å²) in [6.07, 6.45) is -3.71. The molecule has 2 saturated heterocycles. The number of carbonyl (C=O) groups is 1. The van der Waals surface area contributed by atoms with Crippen LogP contribution >= 0.6 is 0 Å². The second-order valence-electron chi connectivity index (χ2n) is 5.32. The minimum Gasteiger partial charge on any atom is -0.337 e. The fourth-order valence-corrected chi connectivity index (χ4v) is 2.87. The van der Waals surface area contributed by atoms with Gasteiger partial charge in [0.1, 0.15) is 5.69 Å². The van der Waals surface area contributed by atoms with Crippen LogP contribution in [0.25, 0.3) is 0 Å². The largest absolute Gasteiger partial charge is 0.417 e. The van der Waals surface area contributed by atoms with Gasteiger partial charge in [0.2, 0.25) is 0 Å². The first-order valence-electron chi connectivity index (χ1n) is 6.48. The highest BCUT2D eigenvalue weighted by Gasteiger charge is 2.38. The zero-order valence-corrected chi connectivity index (χ0v) is 10.7. The van der Waals surface area contributed by atoms with E-state index < -0.39 is 11.7 Å². The van der Waals surface area contributed by atoms with Gasteiger partial charge in [0.25, 0.3) is 5.91 Å². The number of aromatic nitrogens is 1. The Kier molecular flexibility index (Phi) is 3.16. The maximum absolute atomic E-state index is 12.4. The van der Waals surface area contributed by atoms with Crippen LogP contribution in [0, 0.1) is 11.8 Å². The number of halogens is 3. The quantitative estimate of drug-likeness (QED) is 0.848. The summed E-state index contributed by atoms with van der Waals surface area (Å²) >= 11 is 0. The predicted molar refractivity (Wildman–Crippen MR) is 65.0 cm³/mol. The maximum Gasteiger partial charge on any atom is 0.417 e. The van der Waals surface area contributed by atoms with Crippen molar-refractivity contribution in [3.63, 3.8) is 0 Å². The fourth-order valence-electron chi connectivity index (χ4n) is 2.87. The molecule has 0 saturated carbocycles. The molecule has 108 valence electrons. The Labute approximate surface area is 114 Å². The lowest BCUT2D eigenvalue weighted by atomic mass is 10.0. The van der Waals surface area contributed by atoms with Gasteiger partial charge in [-0.05, 0) is 24.0 Å². The topological polar surface area (TPSA) is 45.2 Å². The summed E-state index contributed by atoms with van der Waals surface area (Å²) in [6, 6.07) is 2.05. The van der Waals surface area contributed by atoms with E-state index in [1.54, 1.807) is 4.90 Å². The highest BCUT2D eigenvalue weighted by molar-refractivity contribution is 5.92. The van der Waals surface area contributed by atoms with Crippen LogP contribution in [-0.2, 0) is 6.18 Å². The molecule has 1 amide bonds. The molecule has 2 aliphatic heterocycles. The molecule has 4 nitrogen and oxygen atoms in total. The van der Waals surface area contributed by atoms with E-state index in [1.807, 2.05) is 0 Å². The average molecular weight is 285 g/mol. The Balaban J connectivity index is 1.72. The van der Waals surface area contributed by atoms with E-state index in [0.717, 1.165) is 25.2 Å². The van der Waals surface area contributed by atoms with Crippen molar-refractivity contribution in [1.29, 1.82) is 0 Å². The number of pyridine rings is 1. The second kappa shape index (κ2) is 4.73. The standard InChI is InChI=1S/C13H14F3N3O/c14-13(15,16)10-1-2-11(18-5-10)12(20)19-6-8-3-17-4-9(8)7-19/h1-2,5,8-9,17H,3-4,6-7H2. The van der Waals surface area contributed by atoms with Crippen LogP contribution in [0.3, 0.4) is 0 Å².